The van der Waals surface area contributed by atoms with Gasteiger partial charge in [0.2, 0.25) is 0 Å². The van der Waals surface area contributed by atoms with Crippen molar-refractivity contribution in [2.45, 2.75) is 50.4 Å². The van der Waals surface area contributed by atoms with Gasteiger partial charge in [0.15, 0.2) is 5.78 Å². The normalized spacial score (nSPS) is 20.6. The summed E-state index contributed by atoms with van der Waals surface area (Å²) in [6.45, 7) is 3.82. The molecule has 184 valence electrons. The van der Waals surface area contributed by atoms with Gasteiger partial charge in [0, 0.05) is 41.6 Å². The first-order chi connectivity index (χ1) is 16.0. The molecule has 0 spiro atoms. The fourth-order valence-electron chi connectivity index (χ4n) is 4.30. The van der Waals surface area contributed by atoms with Gasteiger partial charge in [0.05, 0.1) is 31.8 Å². The second-order valence-electron chi connectivity index (χ2n) is 8.69. The highest BCUT2D eigenvalue weighted by Gasteiger charge is 2.40. The molecule has 0 bridgehead atoms. The summed E-state index contributed by atoms with van der Waals surface area (Å²) in [5.41, 5.74) is 2.43. The SMILES string of the molecule is CCOC(=O)CCn1cc(/C=C2/CN(C(C(=O)C3CC3)c3ccccc3F)CCC2S)cn1.Cl. The Labute approximate surface area is 211 Å². The number of hydrogen-bond acceptors (Lipinski definition) is 6. The van der Waals surface area contributed by atoms with Crippen molar-refractivity contribution in [1.82, 2.24) is 14.7 Å². The van der Waals surface area contributed by atoms with Gasteiger partial charge in [-0.3, -0.25) is 19.2 Å². The van der Waals surface area contributed by atoms with Gasteiger partial charge in [-0.1, -0.05) is 24.3 Å². The first kappa shape index (κ1) is 26.4. The number of piperidine rings is 1. The standard InChI is InChI=1S/C25H30FN3O3S.ClH/c1-2-32-23(30)10-12-29-15-17(14-27-29)13-19-16-28(11-9-22(19)33)24(25(31)18-7-8-18)20-5-3-4-6-21(20)26;/h3-6,13-15,18,22,24,33H,2,7-12,16H2,1H3;1H/b19-13-;. The van der Waals surface area contributed by atoms with Gasteiger partial charge in [0.1, 0.15) is 5.82 Å². The van der Waals surface area contributed by atoms with Crippen LogP contribution in [0.15, 0.2) is 42.2 Å². The number of halogens is 2. The fourth-order valence-corrected chi connectivity index (χ4v) is 4.57. The summed E-state index contributed by atoms with van der Waals surface area (Å²) in [5.74, 6) is -0.430. The molecule has 4 rings (SSSR count). The summed E-state index contributed by atoms with van der Waals surface area (Å²) in [4.78, 5) is 26.9. The number of benzene rings is 1. The molecule has 34 heavy (non-hydrogen) atoms. The number of rotatable bonds is 9. The maximum atomic E-state index is 14.7. The van der Waals surface area contributed by atoms with E-state index in [4.69, 9.17) is 17.4 Å². The zero-order valence-electron chi connectivity index (χ0n) is 19.2. The summed E-state index contributed by atoms with van der Waals surface area (Å²) in [7, 11) is 0. The summed E-state index contributed by atoms with van der Waals surface area (Å²) < 4.78 is 21.4. The minimum atomic E-state index is -0.574. The number of esters is 1. The number of Topliss-reactive ketones (excluding diaryl/α,β-unsaturated/α-hetero) is 1. The third kappa shape index (κ3) is 6.49. The number of hydrogen-bond donors (Lipinski definition) is 1. The van der Waals surface area contributed by atoms with Gasteiger partial charge in [0.25, 0.3) is 0 Å². The number of ether oxygens (including phenoxy) is 1. The third-order valence-corrected chi connectivity index (χ3v) is 6.76. The molecule has 2 atom stereocenters. The van der Waals surface area contributed by atoms with Crippen LogP contribution in [0, 0.1) is 11.7 Å². The number of thiol groups is 1. The number of carbonyl (C=O) groups is 2. The molecule has 1 aliphatic carbocycles. The van der Waals surface area contributed by atoms with E-state index in [9.17, 15) is 14.0 Å². The topological polar surface area (TPSA) is 64.4 Å². The Morgan fingerprint density at radius 2 is 2.06 bits per heavy atom. The number of carbonyl (C=O) groups excluding carboxylic acids is 2. The highest BCUT2D eigenvalue weighted by atomic mass is 35.5. The first-order valence-electron chi connectivity index (χ1n) is 11.5. The average molecular weight is 508 g/mol. The van der Waals surface area contributed by atoms with E-state index in [1.807, 2.05) is 12.3 Å². The number of nitrogens with zero attached hydrogens (tertiary/aromatic N) is 3. The minimum absolute atomic E-state index is 0. The van der Waals surface area contributed by atoms with E-state index in [0.717, 1.165) is 30.4 Å². The lowest BCUT2D eigenvalue weighted by Gasteiger charge is -2.37. The predicted molar refractivity (Wildman–Crippen MR) is 135 cm³/mol. The second-order valence-corrected chi connectivity index (χ2v) is 9.31. The molecule has 2 heterocycles. The van der Waals surface area contributed by atoms with Crippen LogP contribution in [0.5, 0.6) is 0 Å². The van der Waals surface area contributed by atoms with E-state index in [1.165, 1.54) is 6.07 Å². The van der Waals surface area contributed by atoms with Crippen molar-refractivity contribution in [1.29, 1.82) is 0 Å². The molecule has 1 aliphatic heterocycles. The molecule has 1 saturated carbocycles. The van der Waals surface area contributed by atoms with E-state index in [1.54, 1.807) is 36.0 Å². The lowest BCUT2D eigenvalue weighted by Crippen LogP contribution is -2.42. The van der Waals surface area contributed by atoms with Crippen LogP contribution >= 0.6 is 25.0 Å². The van der Waals surface area contributed by atoms with E-state index in [-0.39, 0.29) is 47.6 Å². The third-order valence-electron chi connectivity index (χ3n) is 6.17. The van der Waals surface area contributed by atoms with Gasteiger partial charge in [-0.2, -0.15) is 17.7 Å². The van der Waals surface area contributed by atoms with Crippen LogP contribution in [0.25, 0.3) is 6.08 Å². The molecule has 0 radical (unpaired) electrons. The van der Waals surface area contributed by atoms with Crippen molar-refractivity contribution in [3.05, 3.63) is 59.2 Å². The Morgan fingerprint density at radius 1 is 1.29 bits per heavy atom. The number of aryl methyl sites for hydroxylation is 1. The van der Waals surface area contributed by atoms with Gasteiger partial charge in [-0.05, 0) is 37.8 Å². The summed E-state index contributed by atoms with van der Waals surface area (Å²) >= 11 is 4.76. The van der Waals surface area contributed by atoms with Gasteiger partial charge in [-0.15, -0.1) is 12.4 Å². The molecule has 1 aromatic carbocycles. The van der Waals surface area contributed by atoms with Gasteiger partial charge in [-0.25, -0.2) is 4.39 Å². The molecular weight excluding hydrogens is 477 g/mol. The van der Waals surface area contributed by atoms with Crippen molar-refractivity contribution >= 4 is 42.9 Å². The lowest BCUT2D eigenvalue weighted by atomic mass is 9.93. The van der Waals surface area contributed by atoms with Crippen LogP contribution in [0.1, 0.15) is 49.8 Å². The molecule has 2 aromatic rings. The van der Waals surface area contributed by atoms with Crippen molar-refractivity contribution in [3.8, 4) is 0 Å². The van der Waals surface area contributed by atoms with Crippen LogP contribution in [0.3, 0.4) is 0 Å². The largest absolute Gasteiger partial charge is 0.466 e. The predicted octanol–water partition coefficient (Wildman–Crippen LogP) is 4.51. The highest BCUT2D eigenvalue weighted by Crippen LogP contribution is 2.39. The molecule has 9 heteroatoms. The van der Waals surface area contributed by atoms with Crippen LogP contribution in [0.4, 0.5) is 4.39 Å². The summed E-state index contributed by atoms with van der Waals surface area (Å²) in [5, 5.41) is 4.39. The van der Waals surface area contributed by atoms with Crippen molar-refractivity contribution in [2.75, 3.05) is 19.7 Å². The van der Waals surface area contributed by atoms with E-state index in [0.29, 0.717) is 31.8 Å². The monoisotopic (exact) mass is 507 g/mol. The Balaban J connectivity index is 0.00000324. The van der Waals surface area contributed by atoms with Crippen LogP contribution < -0.4 is 0 Å². The Hall–Kier alpha value is -2.16. The summed E-state index contributed by atoms with van der Waals surface area (Å²) in [6.07, 6.45) is 8.49. The molecule has 0 amide bonds. The zero-order valence-corrected chi connectivity index (χ0v) is 20.9. The maximum absolute atomic E-state index is 14.7. The Morgan fingerprint density at radius 3 is 2.76 bits per heavy atom. The number of likely N-dealkylation sites (tertiary alicyclic amines) is 1. The molecule has 6 nitrogen and oxygen atoms in total. The fraction of sp³-hybridized carbons (Fsp3) is 0.480. The van der Waals surface area contributed by atoms with Crippen LogP contribution in [-0.2, 0) is 20.9 Å². The molecule has 2 aliphatic rings. The van der Waals surface area contributed by atoms with Crippen molar-refractivity contribution in [3.63, 3.8) is 0 Å². The second kappa shape index (κ2) is 12.0. The zero-order chi connectivity index (χ0) is 23.4. The molecular formula is C25H31ClFN3O3S. The molecule has 0 N–H and O–H groups in total. The minimum Gasteiger partial charge on any atom is -0.466 e. The smallest absolute Gasteiger partial charge is 0.307 e. The highest BCUT2D eigenvalue weighted by molar-refractivity contribution is 7.81. The molecule has 2 unspecified atom stereocenters. The van der Waals surface area contributed by atoms with Crippen molar-refractivity contribution < 1.29 is 18.7 Å². The molecule has 1 saturated heterocycles. The van der Waals surface area contributed by atoms with Crippen molar-refractivity contribution in [2.24, 2.45) is 5.92 Å². The number of aromatic nitrogens is 2. The first-order valence-corrected chi connectivity index (χ1v) is 12.1. The quantitative estimate of drug-likeness (QED) is 0.400. The van der Waals surface area contributed by atoms with Gasteiger partial charge < -0.3 is 4.74 Å². The van der Waals surface area contributed by atoms with Gasteiger partial charge >= 0.3 is 5.97 Å². The molecule has 2 fully saturated rings. The lowest BCUT2D eigenvalue weighted by molar-refractivity contribution is -0.143. The maximum Gasteiger partial charge on any atom is 0.307 e. The molecule has 1 aromatic heterocycles. The number of ketones is 1. The Kier molecular flexibility index (Phi) is 9.33. The van der Waals surface area contributed by atoms with Crippen LogP contribution in [0.2, 0.25) is 0 Å². The Bertz CT molecular complexity index is 1040. The van der Waals surface area contributed by atoms with Crippen LogP contribution in [-0.4, -0.2) is 51.4 Å². The summed E-state index contributed by atoms with van der Waals surface area (Å²) in [6, 6.07) is 6.02. The average Bonchev–Trinajstić information content (AvgIpc) is 3.56. The van der Waals surface area contributed by atoms with E-state index >= 15 is 0 Å². The van der Waals surface area contributed by atoms with E-state index < -0.39 is 6.04 Å². The van der Waals surface area contributed by atoms with E-state index in [2.05, 4.69) is 10.00 Å².